The van der Waals surface area contributed by atoms with Crippen molar-refractivity contribution in [2.45, 2.75) is 10.1 Å². The fourth-order valence-electron chi connectivity index (χ4n) is 2.55. The van der Waals surface area contributed by atoms with Gasteiger partial charge in [0.25, 0.3) is 5.91 Å². The zero-order chi connectivity index (χ0) is 20.3. The molecule has 0 radical (unpaired) electrons. The quantitative estimate of drug-likeness (QED) is 0.643. The molecular weight excluding hydrogens is 412 g/mol. The normalized spacial score (nSPS) is 12.5. The van der Waals surface area contributed by atoms with E-state index in [1.807, 2.05) is 0 Å². The van der Waals surface area contributed by atoms with Gasteiger partial charge in [-0.05, 0) is 54.6 Å². The Hall–Kier alpha value is -2.71. The molecule has 0 unspecified atom stereocenters. The highest BCUT2D eigenvalue weighted by Crippen LogP contribution is 2.29. The summed E-state index contributed by atoms with van der Waals surface area (Å²) in [6, 6.07) is 11.2. The third kappa shape index (κ3) is 4.23. The summed E-state index contributed by atoms with van der Waals surface area (Å²) in [6.45, 7) is -0.337. The van der Waals surface area contributed by atoms with Crippen molar-refractivity contribution in [1.29, 1.82) is 0 Å². The number of hydrogen-bond acceptors (Lipinski definition) is 4. The summed E-state index contributed by atoms with van der Waals surface area (Å²) in [5, 5.41) is 1.58. The zero-order valence-corrected chi connectivity index (χ0v) is 15.8. The minimum Gasteiger partial charge on any atom is -0.468 e. The Labute approximate surface area is 164 Å². The molecule has 3 aromatic rings. The minimum absolute atomic E-state index is 0.000348. The zero-order valence-electron chi connectivity index (χ0n) is 14.2. The summed E-state index contributed by atoms with van der Waals surface area (Å²) >= 11 is 5.81. The molecule has 0 bridgehead atoms. The van der Waals surface area contributed by atoms with Crippen molar-refractivity contribution in [3.63, 3.8) is 0 Å². The van der Waals surface area contributed by atoms with E-state index in [-0.39, 0.29) is 22.8 Å². The molecule has 1 aromatic heterocycles. The second-order valence-electron chi connectivity index (χ2n) is 5.84. The van der Waals surface area contributed by atoms with E-state index in [1.165, 1.54) is 42.7 Å². The van der Waals surface area contributed by atoms with Gasteiger partial charge in [0.2, 0.25) is 0 Å². The van der Waals surface area contributed by atoms with Crippen LogP contribution in [0.15, 0.2) is 70.2 Å². The molecule has 0 fully saturated rings. The Kier molecular flexibility index (Phi) is 5.81. The standard InChI is InChI=1S/C19H14ClF2NO4S/c20-13-4-6-14(7-5-13)28(25,26)18(17-2-1-9-27-17)11-23-19(24)12-3-8-15(21)16(22)10-12/h1-10,18H,11H2,(H,23,24)/t18-/m0/s1. The summed E-state index contributed by atoms with van der Waals surface area (Å²) in [5.74, 6) is -2.89. The predicted molar refractivity (Wildman–Crippen MR) is 98.8 cm³/mol. The van der Waals surface area contributed by atoms with Gasteiger partial charge in [0.15, 0.2) is 21.5 Å². The number of amides is 1. The second kappa shape index (κ2) is 8.12. The first kappa shape index (κ1) is 20.0. The molecule has 2 aromatic carbocycles. The SMILES string of the molecule is O=C(NC[C@@H](c1ccco1)S(=O)(=O)c1ccc(Cl)cc1)c1ccc(F)c(F)c1. The third-order valence-electron chi connectivity index (χ3n) is 4.01. The molecule has 0 aliphatic rings. The highest BCUT2D eigenvalue weighted by molar-refractivity contribution is 7.91. The lowest BCUT2D eigenvalue weighted by molar-refractivity contribution is 0.0952. The largest absolute Gasteiger partial charge is 0.468 e. The molecule has 3 rings (SSSR count). The van der Waals surface area contributed by atoms with Crippen molar-refractivity contribution in [3.05, 3.63) is 88.8 Å². The molecule has 1 amide bonds. The first-order valence-electron chi connectivity index (χ1n) is 8.05. The third-order valence-corrected chi connectivity index (χ3v) is 6.34. The van der Waals surface area contributed by atoms with Crippen LogP contribution in [0.2, 0.25) is 5.02 Å². The molecule has 1 heterocycles. The number of carbonyl (C=O) groups is 1. The van der Waals surface area contributed by atoms with Crippen molar-refractivity contribution >= 4 is 27.3 Å². The van der Waals surface area contributed by atoms with Crippen LogP contribution in [0.3, 0.4) is 0 Å². The monoisotopic (exact) mass is 425 g/mol. The Morgan fingerprint density at radius 3 is 2.39 bits per heavy atom. The van der Waals surface area contributed by atoms with E-state index in [2.05, 4.69) is 5.32 Å². The minimum atomic E-state index is -3.93. The number of carbonyl (C=O) groups excluding carboxylic acids is 1. The van der Waals surface area contributed by atoms with Crippen LogP contribution in [0.4, 0.5) is 8.78 Å². The van der Waals surface area contributed by atoms with Crippen molar-refractivity contribution in [1.82, 2.24) is 5.32 Å². The Morgan fingerprint density at radius 1 is 1.07 bits per heavy atom. The summed E-state index contributed by atoms with van der Waals surface area (Å²) in [4.78, 5) is 12.2. The van der Waals surface area contributed by atoms with Gasteiger partial charge in [0.1, 0.15) is 11.0 Å². The van der Waals surface area contributed by atoms with E-state index in [0.29, 0.717) is 5.02 Å². The van der Waals surface area contributed by atoms with E-state index in [1.54, 1.807) is 0 Å². The van der Waals surface area contributed by atoms with Crippen LogP contribution in [0, 0.1) is 11.6 Å². The van der Waals surface area contributed by atoms with Crippen LogP contribution in [0.1, 0.15) is 21.4 Å². The lowest BCUT2D eigenvalue weighted by atomic mass is 10.2. The molecule has 0 spiro atoms. The summed E-state index contributed by atoms with van der Waals surface area (Å²) < 4.78 is 57.6. The lowest BCUT2D eigenvalue weighted by Gasteiger charge is -2.17. The predicted octanol–water partition coefficient (Wildman–Crippen LogP) is 4.16. The van der Waals surface area contributed by atoms with Crippen LogP contribution in [-0.4, -0.2) is 20.9 Å². The first-order valence-corrected chi connectivity index (χ1v) is 9.97. The number of benzene rings is 2. The van der Waals surface area contributed by atoms with Crippen molar-refractivity contribution < 1.29 is 26.4 Å². The smallest absolute Gasteiger partial charge is 0.251 e. The number of halogens is 3. The van der Waals surface area contributed by atoms with Gasteiger partial charge in [-0.1, -0.05) is 11.6 Å². The van der Waals surface area contributed by atoms with Crippen molar-refractivity contribution in [3.8, 4) is 0 Å². The number of furan rings is 1. The van der Waals surface area contributed by atoms with E-state index < -0.39 is 32.6 Å². The second-order valence-corrected chi connectivity index (χ2v) is 8.41. The fourth-order valence-corrected chi connectivity index (χ4v) is 4.26. The molecule has 0 aliphatic heterocycles. The van der Waals surface area contributed by atoms with Crippen LogP contribution < -0.4 is 5.32 Å². The molecule has 0 saturated carbocycles. The molecule has 0 aliphatic carbocycles. The molecule has 1 N–H and O–H groups in total. The van der Waals surface area contributed by atoms with Crippen molar-refractivity contribution in [2.24, 2.45) is 0 Å². The van der Waals surface area contributed by atoms with Gasteiger partial charge < -0.3 is 9.73 Å². The maximum Gasteiger partial charge on any atom is 0.251 e. The van der Waals surface area contributed by atoms with E-state index in [0.717, 1.165) is 18.2 Å². The molecule has 5 nitrogen and oxygen atoms in total. The molecule has 9 heteroatoms. The maximum absolute atomic E-state index is 13.3. The van der Waals surface area contributed by atoms with Gasteiger partial charge in [-0.15, -0.1) is 0 Å². The molecular formula is C19H14ClF2NO4S. The number of nitrogens with one attached hydrogen (secondary N) is 1. The Balaban J connectivity index is 1.86. The topological polar surface area (TPSA) is 76.4 Å². The Morgan fingerprint density at radius 2 is 1.79 bits per heavy atom. The number of rotatable bonds is 6. The molecule has 1 atom stereocenters. The number of sulfone groups is 1. The maximum atomic E-state index is 13.3. The van der Waals surface area contributed by atoms with Gasteiger partial charge in [0, 0.05) is 17.1 Å². The first-order chi connectivity index (χ1) is 13.3. The van der Waals surface area contributed by atoms with Gasteiger partial charge >= 0.3 is 0 Å². The van der Waals surface area contributed by atoms with E-state index >= 15 is 0 Å². The summed E-state index contributed by atoms with van der Waals surface area (Å²) in [5.41, 5.74) is -0.138. The van der Waals surface area contributed by atoms with Crippen LogP contribution in [0.25, 0.3) is 0 Å². The highest BCUT2D eigenvalue weighted by atomic mass is 35.5. The fraction of sp³-hybridized carbons (Fsp3) is 0.105. The van der Waals surface area contributed by atoms with Gasteiger partial charge in [0.05, 0.1) is 11.2 Å². The highest BCUT2D eigenvalue weighted by Gasteiger charge is 2.32. The molecule has 28 heavy (non-hydrogen) atoms. The average molecular weight is 426 g/mol. The van der Waals surface area contributed by atoms with Crippen LogP contribution >= 0.6 is 11.6 Å². The van der Waals surface area contributed by atoms with Gasteiger partial charge in [-0.2, -0.15) is 0 Å². The summed E-state index contributed by atoms with van der Waals surface area (Å²) in [7, 11) is -3.93. The van der Waals surface area contributed by atoms with Crippen LogP contribution in [-0.2, 0) is 9.84 Å². The molecule has 0 saturated heterocycles. The Bertz CT molecular complexity index is 1080. The summed E-state index contributed by atoms with van der Waals surface area (Å²) in [6.07, 6.45) is 1.32. The van der Waals surface area contributed by atoms with Crippen LogP contribution in [0.5, 0.6) is 0 Å². The van der Waals surface area contributed by atoms with Gasteiger partial charge in [-0.25, -0.2) is 17.2 Å². The van der Waals surface area contributed by atoms with Gasteiger partial charge in [-0.3, -0.25) is 4.79 Å². The lowest BCUT2D eigenvalue weighted by Crippen LogP contribution is -2.31. The molecule has 146 valence electrons. The average Bonchev–Trinajstić information content (AvgIpc) is 3.18. The van der Waals surface area contributed by atoms with E-state index in [9.17, 15) is 22.0 Å². The van der Waals surface area contributed by atoms with Crippen molar-refractivity contribution in [2.75, 3.05) is 6.54 Å². The van der Waals surface area contributed by atoms with E-state index in [4.69, 9.17) is 16.0 Å². The number of hydrogen-bond donors (Lipinski definition) is 1.